The maximum Gasteiger partial charge on any atom is 0.127 e. The number of hydrogen-bond donors (Lipinski definition) is 1. The van der Waals surface area contributed by atoms with Crippen LogP contribution in [-0.4, -0.2) is 38.0 Å². The molecule has 0 aromatic carbocycles. The largest absolute Gasteiger partial charge is 0.381 e. The Morgan fingerprint density at radius 3 is 2.88 bits per heavy atom. The van der Waals surface area contributed by atoms with Crippen LogP contribution in [0.25, 0.3) is 0 Å². The van der Waals surface area contributed by atoms with Crippen LogP contribution in [0.4, 0.5) is 0 Å². The molecule has 2 aliphatic rings. The molecule has 2 unspecified atom stereocenters. The van der Waals surface area contributed by atoms with E-state index < -0.39 is 5.54 Å². The molecule has 0 aromatic heterocycles. The molecular formula is C12H20N2O2. The maximum atomic E-state index is 9.14. The molecule has 90 valence electrons. The van der Waals surface area contributed by atoms with Crippen molar-refractivity contribution in [1.82, 2.24) is 5.32 Å². The van der Waals surface area contributed by atoms with E-state index in [1.807, 2.05) is 6.92 Å². The van der Waals surface area contributed by atoms with Crippen LogP contribution in [0.1, 0.15) is 26.2 Å². The molecule has 4 nitrogen and oxygen atoms in total. The first-order chi connectivity index (χ1) is 7.72. The molecule has 1 N–H and O–H groups in total. The smallest absolute Gasteiger partial charge is 0.127 e. The summed E-state index contributed by atoms with van der Waals surface area (Å²) in [5.41, 5.74) is -0.527. The first kappa shape index (κ1) is 11.8. The van der Waals surface area contributed by atoms with Crippen molar-refractivity contribution in [2.75, 3.05) is 26.4 Å². The molecule has 1 saturated carbocycles. The lowest BCUT2D eigenvalue weighted by Gasteiger charge is -2.23. The van der Waals surface area contributed by atoms with Gasteiger partial charge in [0.25, 0.3) is 0 Å². The number of nitrogens with one attached hydrogen (secondary N) is 1. The van der Waals surface area contributed by atoms with Gasteiger partial charge in [-0.2, -0.15) is 5.26 Å². The average molecular weight is 224 g/mol. The van der Waals surface area contributed by atoms with E-state index in [1.165, 1.54) is 12.8 Å². The Kier molecular flexibility index (Phi) is 3.80. The van der Waals surface area contributed by atoms with Crippen LogP contribution in [0, 0.1) is 17.2 Å². The summed E-state index contributed by atoms with van der Waals surface area (Å²) in [6.07, 6.45) is 3.46. The van der Waals surface area contributed by atoms with Gasteiger partial charge in [0.15, 0.2) is 0 Å². The maximum absolute atomic E-state index is 9.14. The van der Waals surface area contributed by atoms with Crippen molar-refractivity contribution < 1.29 is 9.47 Å². The fraction of sp³-hybridized carbons (Fsp3) is 0.917. The lowest BCUT2D eigenvalue weighted by Crippen LogP contribution is -2.46. The summed E-state index contributed by atoms with van der Waals surface area (Å²) in [4.78, 5) is 0. The minimum absolute atomic E-state index is 0.469. The summed E-state index contributed by atoms with van der Waals surface area (Å²) in [6.45, 7) is 4.75. The molecular weight excluding hydrogens is 204 g/mol. The first-order valence-corrected chi connectivity index (χ1v) is 6.06. The second kappa shape index (κ2) is 5.13. The third-order valence-corrected chi connectivity index (χ3v) is 3.12. The van der Waals surface area contributed by atoms with Crippen molar-refractivity contribution >= 4 is 0 Å². The summed E-state index contributed by atoms with van der Waals surface area (Å²) in [7, 11) is 0. The fourth-order valence-corrected chi connectivity index (χ4v) is 1.93. The van der Waals surface area contributed by atoms with Gasteiger partial charge in [-0.25, -0.2) is 0 Å². The summed E-state index contributed by atoms with van der Waals surface area (Å²) in [5, 5.41) is 12.5. The standard InChI is InChI=1S/C12H20N2O2/c1-12(8-13,14-11-2-3-11)9-16-7-10-4-5-15-6-10/h10-11,14H,2-7,9H2,1H3. The molecule has 2 rings (SSSR count). The molecule has 0 aromatic rings. The zero-order chi connectivity index (χ0) is 11.4. The molecule has 0 bridgehead atoms. The molecule has 0 amide bonds. The molecule has 1 aliphatic heterocycles. The van der Waals surface area contributed by atoms with Crippen LogP contribution >= 0.6 is 0 Å². The van der Waals surface area contributed by atoms with Crippen LogP contribution in [-0.2, 0) is 9.47 Å². The van der Waals surface area contributed by atoms with E-state index in [4.69, 9.17) is 14.7 Å². The molecule has 1 heterocycles. The lowest BCUT2D eigenvalue weighted by molar-refractivity contribution is 0.0625. The highest BCUT2D eigenvalue weighted by Gasteiger charge is 2.33. The van der Waals surface area contributed by atoms with Gasteiger partial charge in [-0.15, -0.1) is 0 Å². The Morgan fingerprint density at radius 1 is 1.50 bits per heavy atom. The average Bonchev–Trinajstić information content (AvgIpc) is 2.92. The Balaban J connectivity index is 1.67. The minimum atomic E-state index is -0.527. The van der Waals surface area contributed by atoms with Crippen LogP contribution in [0.15, 0.2) is 0 Å². The summed E-state index contributed by atoms with van der Waals surface area (Å²) >= 11 is 0. The fourth-order valence-electron chi connectivity index (χ4n) is 1.93. The third-order valence-electron chi connectivity index (χ3n) is 3.12. The van der Waals surface area contributed by atoms with Crippen LogP contribution in [0.5, 0.6) is 0 Å². The van der Waals surface area contributed by atoms with Crippen molar-refractivity contribution in [2.45, 2.75) is 37.8 Å². The molecule has 0 spiro atoms. The second-order valence-corrected chi connectivity index (χ2v) is 5.11. The minimum Gasteiger partial charge on any atom is -0.381 e. The Labute approximate surface area is 96.9 Å². The quantitative estimate of drug-likeness (QED) is 0.733. The second-order valence-electron chi connectivity index (χ2n) is 5.11. The molecule has 1 saturated heterocycles. The van der Waals surface area contributed by atoms with Crippen LogP contribution < -0.4 is 5.32 Å². The van der Waals surface area contributed by atoms with Crippen molar-refractivity contribution in [1.29, 1.82) is 5.26 Å². The monoisotopic (exact) mass is 224 g/mol. The van der Waals surface area contributed by atoms with Gasteiger partial charge in [0.2, 0.25) is 0 Å². The summed E-state index contributed by atoms with van der Waals surface area (Å²) < 4.78 is 10.9. The van der Waals surface area contributed by atoms with E-state index in [2.05, 4.69) is 11.4 Å². The predicted octanol–water partition coefficient (Wildman–Crippen LogP) is 1.07. The normalized spacial score (nSPS) is 28.6. The van der Waals surface area contributed by atoms with E-state index in [0.29, 0.717) is 25.2 Å². The molecule has 16 heavy (non-hydrogen) atoms. The van der Waals surface area contributed by atoms with Gasteiger partial charge in [-0.3, -0.25) is 5.32 Å². The van der Waals surface area contributed by atoms with Gasteiger partial charge in [0.05, 0.1) is 25.9 Å². The highest BCUT2D eigenvalue weighted by molar-refractivity contribution is 5.07. The highest BCUT2D eigenvalue weighted by Crippen LogP contribution is 2.22. The third kappa shape index (κ3) is 3.44. The molecule has 2 fully saturated rings. The Hall–Kier alpha value is -0.630. The van der Waals surface area contributed by atoms with E-state index in [-0.39, 0.29) is 0 Å². The Bertz CT molecular complexity index is 267. The van der Waals surface area contributed by atoms with Crippen molar-refractivity contribution in [3.05, 3.63) is 0 Å². The van der Waals surface area contributed by atoms with E-state index in [1.54, 1.807) is 0 Å². The molecule has 4 heteroatoms. The van der Waals surface area contributed by atoms with E-state index >= 15 is 0 Å². The van der Waals surface area contributed by atoms with Crippen molar-refractivity contribution in [3.8, 4) is 6.07 Å². The zero-order valence-corrected chi connectivity index (χ0v) is 9.87. The lowest BCUT2D eigenvalue weighted by atomic mass is 10.1. The number of ether oxygens (including phenoxy) is 2. The van der Waals surface area contributed by atoms with Crippen molar-refractivity contribution in [2.24, 2.45) is 5.92 Å². The first-order valence-electron chi connectivity index (χ1n) is 6.06. The predicted molar refractivity (Wildman–Crippen MR) is 59.9 cm³/mol. The van der Waals surface area contributed by atoms with Gasteiger partial charge in [-0.05, 0) is 26.2 Å². The van der Waals surface area contributed by atoms with Crippen LogP contribution in [0.3, 0.4) is 0 Å². The number of rotatable bonds is 6. The van der Waals surface area contributed by atoms with Gasteiger partial charge in [-0.1, -0.05) is 0 Å². The number of hydrogen-bond acceptors (Lipinski definition) is 4. The summed E-state index contributed by atoms with van der Waals surface area (Å²) in [6, 6.07) is 2.84. The number of nitrogens with zero attached hydrogens (tertiary/aromatic N) is 1. The van der Waals surface area contributed by atoms with Crippen LogP contribution in [0.2, 0.25) is 0 Å². The summed E-state index contributed by atoms with van der Waals surface area (Å²) in [5.74, 6) is 0.517. The molecule has 1 aliphatic carbocycles. The van der Waals surface area contributed by atoms with Crippen molar-refractivity contribution in [3.63, 3.8) is 0 Å². The topological polar surface area (TPSA) is 54.3 Å². The van der Waals surface area contributed by atoms with Gasteiger partial charge < -0.3 is 9.47 Å². The van der Waals surface area contributed by atoms with Gasteiger partial charge >= 0.3 is 0 Å². The van der Waals surface area contributed by atoms with Gasteiger partial charge in [0.1, 0.15) is 5.54 Å². The van der Waals surface area contributed by atoms with E-state index in [9.17, 15) is 0 Å². The highest BCUT2D eigenvalue weighted by atomic mass is 16.5. The van der Waals surface area contributed by atoms with Gasteiger partial charge in [0, 0.05) is 18.6 Å². The SMILES string of the molecule is CC(C#N)(COCC1CCOC1)NC1CC1. The zero-order valence-electron chi connectivity index (χ0n) is 9.87. The number of nitriles is 1. The molecule has 0 radical (unpaired) electrons. The van der Waals surface area contributed by atoms with E-state index in [0.717, 1.165) is 19.6 Å². The Morgan fingerprint density at radius 2 is 2.31 bits per heavy atom. The molecule has 2 atom stereocenters.